The van der Waals surface area contributed by atoms with Crippen molar-refractivity contribution in [2.45, 2.75) is 36.6 Å². The molecule has 0 saturated heterocycles. The SMILES string of the molecule is O=C(NC1CCC(Br)CC1)c1ccc(O)cc1. The van der Waals surface area contributed by atoms with Gasteiger partial charge in [-0.05, 0) is 49.9 Å². The predicted octanol–water partition coefficient (Wildman–Crippen LogP) is 2.83. The predicted molar refractivity (Wildman–Crippen MR) is 70.5 cm³/mol. The van der Waals surface area contributed by atoms with E-state index >= 15 is 0 Å². The third kappa shape index (κ3) is 3.46. The lowest BCUT2D eigenvalue weighted by atomic mass is 9.95. The highest BCUT2D eigenvalue weighted by molar-refractivity contribution is 9.09. The number of alkyl halides is 1. The van der Waals surface area contributed by atoms with E-state index in [4.69, 9.17) is 5.11 Å². The van der Waals surface area contributed by atoms with E-state index in [9.17, 15) is 4.79 Å². The average Bonchev–Trinajstić information content (AvgIpc) is 2.33. The Balaban J connectivity index is 1.91. The highest BCUT2D eigenvalue weighted by Crippen LogP contribution is 2.24. The van der Waals surface area contributed by atoms with Crippen molar-refractivity contribution in [2.24, 2.45) is 0 Å². The van der Waals surface area contributed by atoms with Crippen LogP contribution < -0.4 is 5.32 Å². The summed E-state index contributed by atoms with van der Waals surface area (Å²) in [6.07, 6.45) is 4.28. The lowest BCUT2D eigenvalue weighted by molar-refractivity contribution is 0.0928. The van der Waals surface area contributed by atoms with Gasteiger partial charge in [-0.1, -0.05) is 15.9 Å². The van der Waals surface area contributed by atoms with Crippen LogP contribution in [0.25, 0.3) is 0 Å². The maximum Gasteiger partial charge on any atom is 0.251 e. The maximum absolute atomic E-state index is 11.9. The number of carbonyl (C=O) groups excluding carboxylic acids is 1. The van der Waals surface area contributed by atoms with Gasteiger partial charge in [-0.2, -0.15) is 0 Å². The smallest absolute Gasteiger partial charge is 0.251 e. The summed E-state index contributed by atoms with van der Waals surface area (Å²) in [5.41, 5.74) is 0.601. The summed E-state index contributed by atoms with van der Waals surface area (Å²) in [5, 5.41) is 12.2. The van der Waals surface area contributed by atoms with Crippen molar-refractivity contribution < 1.29 is 9.90 Å². The first kappa shape index (κ1) is 12.4. The highest BCUT2D eigenvalue weighted by atomic mass is 79.9. The van der Waals surface area contributed by atoms with Crippen LogP contribution in [0.1, 0.15) is 36.0 Å². The molecule has 0 aromatic heterocycles. The van der Waals surface area contributed by atoms with Gasteiger partial charge < -0.3 is 10.4 Å². The number of halogens is 1. The summed E-state index contributed by atoms with van der Waals surface area (Å²) in [7, 11) is 0. The first-order valence-corrected chi connectivity index (χ1v) is 6.80. The molecule has 1 aromatic carbocycles. The summed E-state index contributed by atoms with van der Waals surface area (Å²) in [5.74, 6) is 0.129. The molecule has 17 heavy (non-hydrogen) atoms. The van der Waals surface area contributed by atoms with E-state index in [0.29, 0.717) is 10.4 Å². The van der Waals surface area contributed by atoms with Gasteiger partial charge in [-0.25, -0.2) is 0 Å². The Morgan fingerprint density at radius 3 is 2.35 bits per heavy atom. The molecule has 1 aliphatic carbocycles. The first-order chi connectivity index (χ1) is 8.15. The van der Waals surface area contributed by atoms with Crippen LogP contribution in [0.3, 0.4) is 0 Å². The van der Waals surface area contributed by atoms with Gasteiger partial charge in [0.15, 0.2) is 0 Å². The number of rotatable bonds is 2. The number of phenolic OH excluding ortho intramolecular Hbond substituents is 1. The zero-order valence-corrected chi connectivity index (χ0v) is 11.1. The van der Waals surface area contributed by atoms with Crippen LogP contribution in [0.5, 0.6) is 5.75 Å². The zero-order chi connectivity index (χ0) is 12.3. The molecular formula is C13H16BrNO2. The van der Waals surface area contributed by atoms with E-state index in [1.807, 2.05) is 0 Å². The molecule has 0 unspecified atom stereocenters. The standard InChI is InChI=1S/C13H16BrNO2/c14-10-3-5-11(6-4-10)15-13(17)9-1-7-12(16)8-2-9/h1-2,7-8,10-11,16H,3-6H2,(H,15,17). The fourth-order valence-electron chi connectivity index (χ4n) is 2.08. The summed E-state index contributed by atoms with van der Waals surface area (Å²) in [4.78, 5) is 12.5. The maximum atomic E-state index is 11.9. The van der Waals surface area contributed by atoms with E-state index in [1.54, 1.807) is 12.1 Å². The van der Waals surface area contributed by atoms with Crippen LogP contribution in [0.15, 0.2) is 24.3 Å². The van der Waals surface area contributed by atoms with Crippen LogP contribution in [-0.2, 0) is 0 Å². The number of hydrogen-bond acceptors (Lipinski definition) is 2. The normalized spacial score (nSPS) is 24.3. The van der Waals surface area contributed by atoms with Crippen molar-refractivity contribution in [1.29, 1.82) is 0 Å². The van der Waals surface area contributed by atoms with Crippen LogP contribution >= 0.6 is 15.9 Å². The number of carbonyl (C=O) groups is 1. The van der Waals surface area contributed by atoms with Gasteiger partial charge in [0.25, 0.3) is 5.91 Å². The molecule has 1 fully saturated rings. The van der Waals surface area contributed by atoms with E-state index in [1.165, 1.54) is 12.1 Å². The Morgan fingerprint density at radius 1 is 1.18 bits per heavy atom. The first-order valence-electron chi connectivity index (χ1n) is 5.89. The quantitative estimate of drug-likeness (QED) is 0.825. The molecule has 0 atom stereocenters. The number of benzene rings is 1. The fraction of sp³-hybridized carbons (Fsp3) is 0.462. The van der Waals surface area contributed by atoms with E-state index in [2.05, 4.69) is 21.2 Å². The minimum absolute atomic E-state index is 0.0528. The van der Waals surface area contributed by atoms with Gasteiger partial charge in [0.05, 0.1) is 0 Å². The zero-order valence-electron chi connectivity index (χ0n) is 9.53. The number of amides is 1. The van der Waals surface area contributed by atoms with Crippen molar-refractivity contribution in [3.8, 4) is 5.75 Å². The van der Waals surface area contributed by atoms with Gasteiger partial charge in [0.2, 0.25) is 0 Å². The van der Waals surface area contributed by atoms with Crippen molar-refractivity contribution in [1.82, 2.24) is 5.32 Å². The fourth-order valence-corrected chi connectivity index (χ4v) is 2.61. The van der Waals surface area contributed by atoms with Gasteiger partial charge in [0, 0.05) is 16.4 Å². The number of hydrogen-bond donors (Lipinski definition) is 2. The number of aromatic hydroxyl groups is 1. The topological polar surface area (TPSA) is 49.3 Å². The third-order valence-electron chi connectivity index (χ3n) is 3.12. The summed E-state index contributed by atoms with van der Waals surface area (Å²) in [6, 6.07) is 6.63. The van der Waals surface area contributed by atoms with Crippen molar-refractivity contribution in [3.63, 3.8) is 0 Å². The monoisotopic (exact) mass is 297 g/mol. The van der Waals surface area contributed by atoms with Gasteiger partial charge in [-0.15, -0.1) is 0 Å². The van der Waals surface area contributed by atoms with Crippen molar-refractivity contribution in [2.75, 3.05) is 0 Å². The lowest BCUT2D eigenvalue weighted by Gasteiger charge is -2.26. The Labute approximate surface area is 109 Å². The van der Waals surface area contributed by atoms with Crippen LogP contribution in [0.4, 0.5) is 0 Å². The summed E-state index contributed by atoms with van der Waals surface area (Å²) >= 11 is 3.59. The van der Waals surface area contributed by atoms with E-state index < -0.39 is 0 Å². The molecule has 0 spiro atoms. The van der Waals surface area contributed by atoms with Gasteiger partial charge in [-0.3, -0.25) is 4.79 Å². The Hall–Kier alpha value is -1.03. The molecule has 1 amide bonds. The molecule has 92 valence electrons. The number of phenols is 1. The molecule has 0 radical (unpaired) electrons. The molecule has 0 heterocycles. The molecule has 1 aromatic rings. The van der Waals surface area contributed by atoms with Crippen molar-refractivity contribution in [3.05, 3.63) is 29.8 Å². The average molecular weight is 298 g/mol. The van der Waals surface area contributed by atoms with Crippen LogP contribution in [0, 0.1) is 0 Å². The molecule has 0 aliphatic heterocycles. The van der Waals surface area contributed by atoms with Gasteiger partial charge in [0.1, 0.15) is 5.75 Å². The second kappa shape index (κ2) is 5.54. The molecule has 0 bridgehead atoms. The lowest BCUT2D eigenvalue weighted by Crippen LogP contribution is -2.37. The minimum Gasteiger partial charge on any atom is -0.508 e. The molecule has 2 rings (SSSR count). The summed E-state index contributed by atoms with van der Waals surface area (Å²) < 4.78 is 0. The molecule has 3 nitrogen and oxygen atoms in total. The Kier molecular flexibility index (Phi) is 4.05. The Morgan fingerprint density at radius 2 is 1.76 bits per heavy atom. The molecule has 1 saturated carbocycles. The minimum atomic E-state index is -0.0528. The molecule has 2 N–H and O–H groups in total. The largest absolute Gasteiger partial charge is 0.508 e. The van der Waals surface area contributed by atoms with Crippen LogP contribution in [-0.4, -0.2) is 21.9 Å². The third-order valence-corrected chi connectivity index (χ3v) is 4.04. The van der Waals surface area contributed by atoms with E-state index in [-0.39, 0.29) is 17.7 Å². The van der Waals surface area contributed by atoms with Gasteiger partial charge >= 0.3 is 0 Å². The molecular weight excluding hydrogens is 282 g/mol. The molecule has 4 heteroatoms. The van der Waals surface area contributed by atoms with Crippen molar-refractivity contribution >= 4 is 21.8 Å². The van der Waals surface area contributed by atoms with E-state index in [0.717, 1.165) is 25.7 Å². The number of nitrogens with one attached hydrogen (secondary N) is 1. The highest BCUT2D eigenvalue weighted by Gasteiger charge is 2.20. The second-order valence-electron chi connectivity index (χ2n) is 4.47. The molecule has 1 aliphatic rings. The Bertz CT molecular complexity index is 383. The van der Waals surface area contributed by atoms with Crippen LogP contribution in [0.2, 0.25) is 0 Å². The summed E-state index contributed by atoms with van der Waals surface area (Å²) in [6.45, 7) is 0. The second-order valence-corrected chi connectivity index (χ2v) is 5.76.